The van der Waals surface area contributed by atoms with Crippen molar-refractivity contribution in [2.75, 3.05) is 13.1 Å². The summed E-state index contributed by atoms with van der Waals surface area (Å²) in [6.45, 7) is 2.96. The van der Waals surface area contributed by atoms with Crippen molar-refractivity contribution >= 4 is 11.8 Å². The first-order valence-corrected chi connectivity index (χ1v) is 14.7. The van der Waals surface area contributed by atoms with Crippen LogP contribution in [0.25, 0.3) is 11.5 Å². The van der Waals surface area contributed by atoms with E-state index in [4.69, 9.17) is 8.83 Å². The summed E-state index contributed by atoms with van der Waals surface area (Å²) in [6.07, 6.45) is 7.34. The van der Waals surface area contributed by atoms with Crippen LogP contribution in [-0.4, -0.2) is 56.6 Å². The molecule has 44 heavy (non-hydrogen) atoms. The number of amides is 2. The zero-order valence-electron chi connectivity index (χ0n) is 24.2. The van der Waals surface area contributed by atoms with Crippen molar-refractivity contribution in [3.05, 3.63) is 95.0 Å². The summed E-state index contributed by atoms with van der Waals surface area (Å²) in [6, 6.07) is 7.00. The fraction of sp³-hybridized carbons (Fsp3) is 0.375. The van der Waals surface area contributed by atoms with E-state index in [0.29, 0.717) is 42.9 Å². The Bertz CT molecular complexity index is 1630. The van der Waals surface area contributed by atoms with Gasteiger partial charge in [-0.1, -0.05) is 0 Å². The predicted molar refractivity (Wildman–Crippen MR) is 154 cm³/mol. The van der Waals surface area contributed by atoms with Crippen molar-refractivity contribution in [2.24, 2.45) is 0 Å². The van der Waals surface area contributed by atoms with Gasteiger partial charge in [0.2, 0.25) is 11.8 Å². The lowest BCUT2D eigenvalue weighted by Gasteiger charge is -2.35. The third kappa shape index (κ3) is 6.27. The van der Waals surface area contributed by atoms with Crippen LogP contribution in [0.1, 0.15) is 76.0 Å². The third-order valence-corrected chi connectivity index (χ3v) is 8.24. The summed E-state index contributed by atoms with van der Waals surface area (Å²) in [5, 5.41) is 17.8. The molecule has 3 unspecified atom stereocenters. The van der Waals surface area contributed by atoms with Crippen molar-refractivity contribution < 1.29 is 32.3 Å². The van der Waals surface area contributed by atoms with Gasteiger partial charge in [-0.3, -0.25) is 9.59 Å². The van der Waals surface area contributed by atoms with E-state index in [-0.39, 0.29) is 41.8 Å². The van der Waals surface area contributed by atoms with Crippen LogP contribution in [0, 0.1) is 18.6 Å². The van der Waals surface area contributed by atoms with Gasteiger partial charge in [-0.15, -0.1) is 0 Å². The van der Waals surface area contributed by atoms with Gasteiger partial charge in [0.25, 0.3) is 11.8 Å². The maximum absolute atomic E-state index is 13.9. The Hall–Kier alpha value is -4.42. The second-order valence-corrected chi connectivity index (χ2v) is 11.4. The second-order valence-electron chi connectivity index (χ2n) is 11.4. The van der Waals surface area contributed by atoms with Crippen LogP contribution >= 0.6 is 0 Å². The lowest BCUT2D eigenvalue weighted by atomic mass is 9.93. The Labute approximate surface area is 252 Å². The molecule has 4 aromatic rings. The number of aromatic nitrogens is 2. The standard InChI is InChI=1S/C32H33F2N5O5/c1-19-18-44-30(37-19)26-4-3-10-39(26)31(41)23-15-21(14-22(16-23)29-36-9-11-43-29)28(40)38-32(42,27-5-2-8-35-27)7-6-20-12-24(33)17-25(34)13-20/h9,11-18,26-27,35,42H,2-8,10H2,1H3,(H,38,40). The number of halogens is 2. The summed E-state index contributed by atoms with van der Waals surface area (Å²) in [7, 11) is 0. The SMILES string of the molecule is Cc1coc(C2CCCN2C(=O)c2cc(C(=O)NC(O)(CCc3cc(F)cc(F)c3)C3CCCN3)cc(-c3ncco3)c2)n1. The molecule has 2 amide bonds. The molecule has 2 aliphatic heterocycles. The fourth-order valence-corrected chi connectivity index (χ4v) is 6.10. The Morgan fingerprint density at radius 1 is 1.09 bits per heavy atom. The number of benzene rings is 2. The van der Waals surface area contributed by atoms with E-state index in [0.717, 1.165) is 24.6 Å². The molecule has 2 fully saturated rings. The molecule has 2 saturated heterocycles. The average molecular weight is 606 g/mol. The zero-order valence-corrected chi connectivity index (χ0v) is 24.2. The van der Waals surface area contributed by atoms with Crippen molar-refractivity contribution in [3.8, 4) is 11.5 Å². The highest BCUT2D eigenvalue weighted by molar-refractivity contribution is 6.01. The number of rotatable bonds is 9. The van der Waals surface area contributed by atoms with E-state index in [2.05, 4.69) is 20.6 Å². The normalized spacial score (nSPS) is 19.7. The molecule has 2 aromatic heterocycles. The number of aliphatic hydroxyl groups is 1. The van der Waals surface area contributed by atoms with Crippen molar-refractivity contribution in [1.29, 1.82) is 0 Å². The Morgan fingerprint density at radius 2 is 1.89 bits per heavy atom. The first kappa shape index (κ1) is 29.6. The van der Waals surface area contributed by atoms with Gasteiger partial charge in [0.05, 0.1) is 17.9 Å². The molecule has 6 rings (SSSR count). The number of likely N-dealkylation sites (tertiary alicyclic amines) is 1. The van der Waals surface area contributed by atoms with Gasteiger partial charge in [0, 0.05) is 35.7 Å². The van der Waals surface area contributed by atoms with Crippen LogP contribution in [0.4, 0.5) is 8.78 Å². The van der Waals surface area contributed by atoms with Gasteiger partial charge in [-0.2, -0.15) is 0 Å². The van der Waals surface area contributed by atoms with Crippen molar-refractivity contribution in [3.63, 3.8) is 0 Å². The van der Waals surface area contributed by atoms with Crippen LogP contribution in [0.3, 0.4) is 0 Å². The highest BCUT2D eigenvalue weighted by atomic mass is 19.1. The van der Waals surface area contributed by atoms with Crippen LogP contribution in [0.5, 0.6) is 0 Å². The van der Waals surface area contributed by atoms with Gasteiger partial charge in [0.1, 0.15) is 30.2 Å². The summed E-state index contributed by atoms with van der Waals surface area (Å²) in [5.41, 5.74) is 0.0806. The number of carbonyl (C=O) groups excluding carboxylic acids is 2. The smallest absolute Gasteiger partial charge is 0.254 e. The lowest BCUT2D eigenvalue weighted by Crippen LogP contribution is -2.60. The molecule has 0 radical (unpaired) electrons. The molecular formula is C32H33F2N5O5. The van der Waals surface area contributed by atoms with Crippen LogP contribution < -0.4 is 10.6 Å². The van der Waals surface area contributed by atoms with E-state index in [1.807, 2.05) is 6.92 Å². The quantitative estimate of drug-likeness (QED) is 0.234. The molecular weight excluding hydrogens is 572 g/mol. The Balaban J connectivity index is 1.30. The summed E-state index contributed by atoms with van der Waals surface area (Å²) < 4.78 is 38.8. The van der Waals surface area contributed by atoms with E-state index in [1.54, 1.807) is 23.3 Å². The van der Waals surface area contributed by atoms with Crippen molar-refractivity contribution in [1.82, 2.24) is 25.5 Å². The van der Waals surface area contributed by atoms with E-state index < -0.39 is 29.3 Å². The molecule has 0 spiro atoms. The molecule has 0 saturated carbocycles. The molecule has 0 bridgehead atoms. The first-order chi connectivity index (χ1) is 21.2. The number of oxazole rings is 2. The van der Waals surface area contributed by atoms with Gasteiger partial charge in [0.15, 0.2) is 5.72 Å². The number of aryl methyl sites for hydroxylation is 2. The maximum Gasteiger partial charge on any atom is 0.254 e. The second kappa shape index (κ2) is 12.3. The van der Waals surface area contributed by atoms with Crippen LogP contribution in [-0.2, 0) is 6.42 Å². The Morgan fingerprint density at radius 3 is 2.57 bits per heavy atom. The number of nitrogens with zero attached hydrogens (tertiary/aromatic N) is 3. The minimum atomic E-state index is -1.75. The molecule has 4 heterocycles. The topological polar surface area (TPSA) is 134 Å². The fourth-order valence-electron chi connectivity index (χ4n) is 6.10. The molecule has 0 aliphatic carbocycles. The van der Waals surface area contributed by atoms with Gasteiger partial charge < -0.3 is 29.5 Å². The number of hydrogen-bond acceptors (Lipinski definition) is 8. The zero-order chi connectivity index (χ0) is 30.8. The van der Waals surface area contributed by atoms with Gasteiger partial charge in [-0.05, 0) is 81.5 Å². The number of hydrogen-bond donors (Lipinski definition) is 3. The molecule has 3 atom stereocenters. The summed E-state index contributed by atoms with van der Waals surface area (Å²) >= 11 is 0. The predicted octanol–water partition coefficient (Wildman–Crippen LogP) is 4.70. The number of nitrogens with one attached hydrogen (secondary N) is 2. The molecule has 2 aliphatic rings. The monoisotopic (exact) mass is 605 g/mol. The Kier molecular flexibility index (Phi) is 8.28. The molecule has 12 heteroatoms. The van der Waals surface area contributed by atoms with Crippen LogP contribution in [0.15, 0.2) is 64.0 Å². The molecule has 230 valence electrons. The van der Waals surface area contributed by atoms with Gasteiger partial charge in [-0.25, -0.2) is 18.7 Å². The summed E-state index contributed by atoms with van der Waals surface area (Å²) in [5.74, 6) is -1.70. The minimum Gasteiger partial charge on any atom is -0.446 e. The first-order valence-electron chi connectivity index (χ1n) is 14.7. The highest BCUT2D eigenvalue weighted by Crippen LogP contribution is 2.34. The third-order valence-electron chi connectivity index (χ3n) is 8.24. The summed E-state index contributed by atoms with van der Waals surface area (Å²) in [4.78, 5) is 38.0. The van der Waals surface area contributed by atoms with Crippen LogP contribution in [0.2, 0.25) is 0 Å². The van der Waals surface area contributed by atoms with Gasteiger partial charge >= 0.3 is 0 Å². The van der Waals surface area contributed by atoms with Crippen molar-refractivity contribution in [2.45, 2.75) is 63.3 Å². The number of carbonyl (C=O) groups is 2. The largest absolute Gasteiger partial charge is 0.446 e. The highest BCUT2D eigenvalue weighted by Gasteiger charge is 2.40. The molecule has 3 N–H and O–H groups in total. The van der Waals surface area contributed by atoms with E-state index in [9.17, 15) is 23.5 Å². The maximum atomic E-state index is 13.9. The molecule has 10 nitrogen and oxygen atoms in total. The average Bonchev–Trinajstić information content (AvgIpc) is 3.82. The van der Waals surface area contributed by atoms with E-state index in [1.165, 1.54) is 30.7 Å². The van der Waals surface area contributed by atoms with E-state index >= 15 is 0 Å². The lowest BCUT2D eigenvalue weighted by molar-refractivity contribution is -0.0263. The minimum absolute atomic E-state index is 0.00443. The molecule has 2 aromatic carbocycles.